The van der Waals surface area contributed by atoms with Crippen molar-refractivity contribution in [2.24, 2.45) is 5.92 Å². The molecule has 1 heterocycles. The van der Waals surface area contributed by atoms with Crippen LogP contribution in [0.5, 0.6) is 0 Å². The molecule has 1 aliphatic carbocycles. The highest BCUT2D eigenvalue weighted by molar-refractivity contribution is 5.48. The Morgan fingerprint density at radius 2 is 2.21 bits per heavy atom. The third kappa shape index (κ3) is 3.90. The summed E-state index contributed by atoms with van der Waals surface area (Å²) in [6, 6.07) is 1.99. The second-order valence-corrected chi connectivity index (χ2v) is 5.61. The van der Waals surface area contributed by atoms with Crippen molar-refractivity contribution in [3.05, 3.63) is 23.6 Å². The number of rotatable bonds is 7. The molecule has 1 aromatic heterocycles. The first-order valence-corrected chi connectivity index (χ1v) is 7.23. The van der Waals surface area contributed by atoms with Gasteiger partial charge in [-0.1, -0.05) is 6.92 Å². The van der Waals surface area contributed by atoms with E-state index in [-0.39, 0.29) is 5.82 Å². The van der Waals surface area contributed by atoms with Gasteiger partial charge in [-0.05, 0) is 45.2 Å². The van der Waals surface area contributed by atoms with Crippen molar-refractivity contribution < 1.29 is 4.39 Å². The Kier molecular flexibility index (Phi) is 4.75. The van der Waals surface area contributed by atoms with Crippen molar-refractivity contribution in [2.75, 3.05) is 18.0 Å². The zero-order valence-corrected chi connectivity index (χ0v) is 12.1. The van der Waals surface area contributed by atoms with Gasteiger partial charge < -0.3 is 10.2 Å². The number of pyridine rings is 1. The molecule has 1 saturated carbocycles. The predicted molar refractivity (Wildman–Crippen MR) is 76.8 cm³/mol. The first-order chi connectivity index (χ1) is 9.11. The van der Waals surface area contributed by atoms with Gasteiger partial charge in [-0.25, -0.2) is 9.37 Å². The first-order valence-electron chi connectivity index (χ1n) is 7.23. The van der Waals surface area contributed by atoms with Gasteiger partial charge in [0.2, 0.25) is 0 Å². The lowest BCUT2D eigenvalue weighted by atomic mass is 10.2. The lowest BCUT2D eigenvalue weighted by Crippen LogP contribution is -2.35. The summed E-state index contributed by atoms with van der Waals surface area (Å²) in [7, 11) is 0. The van der Waals surface area contributed by atoms with E-state index < -0.39 is 0 Å². The fourth-order valence-corrected chi connectivity index (χ4v) is 2.24. The third-order valence-corrected chi connectivity index (χ3v) is 3.52. The van der Waals surface area contributed by atoms with Crippen molar-refractivity contribution in [1.82, 2.24) is 10.3 Å². The minimum atomic E-state index is -0.258. The molecule has 2 rings (SSSR count). The van der Waals surface area contributed by atoms with Crippen molar-refractivity contribution in [3.63, 3.8) is 0 Å². The standard InChI is InChI=1S/C15H24FN3/c1-4-17-8-13-7-14(16)9-18-15(13)19(11(2)3)10-12-5-6-12/h7,9,11-12,17H,4-6,8,10H2,1-3H3. The summed E-state index contributed by atoms with van der Waals surface area (Å²) < 4.78 is 13.4. The quantitative estimate of drug-likeness (QED) is 0.821. The van der Waals surface area contributed by atoms with Crippen LogP contribution in [-0.4, -0.2) is 24.1 Å². The number of nitrogens with zero attached hydrogens (tertiary/aromatic N) is 2. The van der Waals surface area contributed by atoms with Crippen LogP contribution in [0.15, 0.2) is 12.3 Å². The lowest BCUT2D eigenvalue weighted by Gasteiger charge is -2.30. The van der Waals surface area contributed by atoms with Crippen LogP contribution in [0.1, 0.15) is 39.2 Å². The number of hydrogen-bond acceptors (Lipinski definition) is 3. The van der Waals surface area contributed by atoms with Crippen LogP contribution < -0.4 is 10.2 Å². The summed E-state index contributed by atoms with van der Waals surface area (Å²) in [4.78, 5) is 6.65. The van der Waals surface area contributed by atoms with Crippen molar-refractivity contribution in [1.29, 1.82) is 0 Å². The summed E-state index contributed by atoms with van der Waals surface area (Å²) in [6.45, 7) is 8.98. The average molecular weight is 265 g/mol. The predicted octanol–water partition coefficient (Wildman–Crippen LogP) is 2.96. The number of anilines is 1. The van der Waals surface area contributed by atoms with Gasteiger partial charge in [-0.2, -0.15) is 0 Å². The minimum absolute atomic E-state index is 0.258. The average Bonchev–Trinajstić information content (AvgIpc) is 3.18. The van der Waals surface area contributed by atoms with Gasteiger partial charge >= 0.3 is 0 Å². The van der Waals surface area contributed by atoms with Gasteiger partial charge in [-0.15, -0.1) is 0 Å². The molecule has 1 fully saturated rings. The van der Waals surface area contributed by atoms with Crippen LogP contribution in [0, 0.1) is 11.7 Å². The second-order valence-electron chi connectivity index (χ2n) is 5.61. The number of hydrogen-bond donors (Lipinski definition) is 1. The van der Waals surface area contributed by atoms with Crippen LogP contribution in [0.2, 0.25) is 0 Å². The highest BCUT2D eigenvalue weighted by Crippen LogP contribution is 2.32. The van der Waals surface area contributed by atoms with E-state index in [9.17, 15) is 4.39 Å². The Balaban J connectivity index is 2.22. The van der Waals surface area contributed by atoms with Crippen LogP contribution in [0.3, 0.4) is 0 Å². The Morgan fingerprint density at radius 1 is 1.47 bits per heavy atom. The topological polar surface area (TPSA) is 28.2 Å². The van der Waals surface area contributed by atoms with Gasteiger partial charge in [0, 0.05) is 24.7 Å². The molecular formula is C15H24FN3. The molecule has 1 N–H and O–H groups in total. The molecule has 0 aromatic carbocycles. The molecule has 19 heavy (non-hydrogen) atoms. The smallest absolute Gasteiger partial charge is 0.141 e. The molecular weight excluding hydrogens is 241 g/mol. The van der Waals surface area contributed by atoms with E-state index in [0.717, 1.165) is 30.4 Å². The molecule has 0 spiro atoms. The minimum Gasteiger partial charge on any atom is -0.354 e. The Morgan fingerprint density at radius 3 is 2.79 bits per heavy atom. The van der Waals surface area contributed by atoms with Gasteiger partial charge in [0.05, 0.1) is 6.20 Å². The summed E-state index contributed by atoms with van der Waals surface area (Å²) in [5, 5.41) is 3.26. The largest absolute Gasteiger partial charge is 0.354 e. The number of halogens is 1. The number of nitrogens with one attached hydrogen (secondary N) is 1. The molecule has 3 nitrogen and oxygen atoms in total. The molecule has 1 aromatic rings. The molecule has 1 aliphatic rings. The van der Waals surface area contributed by atoms with Crippen LogP contribution in [0.4, 0.5) is 10.2 Å². The first kappa shape index (κ1) is 14.3. The molecule has 0 radical (unpaired) electrons. The van der Waals surface area contributed by atoms with Gasteiger partial charge in [0.1, 0.15) is 11.6 Å². The Hall–Kier alpha value is -1.16. The van der Waals surface area contributed by atoms with E-state index in [1.165, 1.54) is 19.0 Å². The maximum absolute atomic E-state index is 13.4. The van der Waals surface area contributed by atoms with Gasteiger partial charge in [-0.3, -0.25) is 0 Å². The van der Waals surface area contributed by atoms with E-state index in [4.69, 9.17) is 0 Å². The van der Waals surface area contributed by atoms with E-state index in [2.05, 4.69) is 36.0 Å². The summed E-state index contributed by atoms with van der Waals surface area (Å²) in [5.74, 6) is 1.47. The van der Waals surface area contributed by atoms with Crippen LogP contribution >= 0.6 is 0 Å². The van der Waals surface area contributed by atoms with E-state index >= 15 is 0 Å². The zero-order chi connectivity index (χ0) is 13.8. The van der Waals surface area contributed by atoms with Crippen molar-refractivity contribution in [3.8, 4) is 0 Å². The number of aromatic nitrogens is 1. The Bertz CT molecular complexity index is 416. The summed E-state index contributed by atoms with van der Waals surface area (Å²) in [5.41, 5.74) is 0.955. The molecule has 0 unspecified atom stereocenters. The lowest BCUT2D eigenvalue weighted by molar-refractivity contribution is 0.599. The molecule has 0 amide bonds. The summed E-state index contributed by atoms with van der Waals surface area (Å²) in [6.07, 6.45) is 3.95. The second kappa shape index (κ2) is 6.33. The van der Waals surface area contributed by atoms with E-state index in [0.29, 0.717) is 12.6 Å². The maximum atomic E-state index is 13.4. The molecule has 0 saturated heterocycles. The highest BCUT2D eigenvalue weighted by Gasteiger charge is 2.27. The molecule has 4 heteroatoms. The third-order valence-electron chi connectivity index (χ3n) is 3.52. The summed E-state index contributed by atoms with van der Waals surface area (Å²) >= 11 is 0. The van der Waals surface area contributed by atoms with E-state index in [1.807, 2.05) is 0 Å². The Labute approximate surface area is 115 Å². The van der Waals surface area contributed by atoms with Gasteiger partial charge in [0.25, 0.3) is 0 Å². The van der Waals surface area contributed by atoms with Crippen molar-refractivity contribution >= 4 is 5.82 Å². The molecule has 0 aliphatic heterocycles. The molecule has 106 valence electrons. The normalized spacial score (nSPS) is 15.0. The van der Waals surface area contributed by atoms with E-state index in [1.54, 1.807) is 6.07 Å². The van der Waals surface area contributed by atoms with Gasteiger partial charge in [0.15, 0.2) is 0 Å². The maximum Gasteiger partial charge on any atom is 0.141 e. The molecule has 0 bridgehead atoms. The SMILES string of the molecule is CCNCc1cc(F)cnc1N(CC1CC1)C(C)C. The zero-order valence-electron chi connectivity index (χ0n) is 12.1. The van der Waals surface area contributed by atoms with Crippen molar-refractivity contribution in [2.45, 2.75) is 46.2 Å². The highest BCUT2D eigenvalue weighted by atomic mass is 19.1. The monoisotopic (exact) mass is 265 g/mol. The molecule has 0 atom stereocenters. The van der Waals surface area contributed by atoms with Crippen LogP contribution in [-0.2, 0) is 6.54 Å². The van der Waals surface area contributed by atoms with Crippen LogP contribution in [0.25, 0.3) is 0 Å². The fraction of sp³-hybridized carbons (Fsp3) is 0.667. The fourth-order valence-electron chi connectivity index (χ4n) is 2.24.